The average molecular weight is 329 g/mol. The van der Waals surface area contributed by atoms with Crippen LogP contribution >= 0.6 is 22.9 Å². The van der Waals surface area contributed by atoms with E-state index in [4.69, 9.17) is 11.6 Å². The van der Waals surface area contributed by atoms with Gasteiger partial charge in [0.15, 0.2) is 5.82 Å². The first-order chi connectivity index (χ1) is 10.0. The van der Waals surface area contributed by atoms with Crippen molar-refractivity contribution in [1.29, 1.82) is 0 Å². The zero-order valence-electron chi connectivity index (χ0n) is 10.9. The normalized spacial score (nSPS) is 10.4. The molecule has 0 atom stereocenters. The van der Waals surface area contributed by atoms with Crippen LogP contribution in [-0.2, 0) is 6.54 Å². The predicted molar refractivity (Wildman–Crippen MR) is 78.4 cm³/mol. The Kier molecular flexibility index (Phi) is 5.03. The summed E-state index contributed by atoms with van der Waals surface area (Å²) >= 11 is 7.16. The monoisotopic (exact) mass is 328 g/mol. The van der Waals surface area contributed by atoms with Gasteiger partial charge in [-0.05, 0) is 18.2 Å². The number of thiophene rings is 1. The molecule has 0 aromatic carbocycles. The van der Waals surface area contributed by atoms with Crippen molar-refractivity contribution in [1.82, 2.24) is 9.88 Å². The average Bonchev–Trinajstić information content (AvgIpc) is 2.86. The molecule has 0 saturated heterocycles. The summed E-state index contributed by atoms with van der Waals surface area (Å²) < 4.78 is 27.4. The highest BCUT2D eigenvalue weighted by molar-refractivity contribution is 7.16. The molecule has 0 radical (unpaired) electrons. The van der Waals surface area contributed by atoms with Gasteiger partial charge in [0, 0.05) is 17.6 Å². The second-order valence-corrected chi connectivity index (χ2v) is 5.94. The molecule has 0 aliphatic carbocycles. The molecule has 0 saturated carbocycles. The molecule has 0 fully saturated rings. The second kappa shape index (κ2) is 6.78. The van der Waals surface area contributed by atoms with Gasteiger partial charge in [0.1, 0.15) is 0 Å². The maximum Gasteiger partial charge on any atom is 0.257 e. The van der Waals surface area contributed by atoms with Crippen LogP contribution in [0.25, 0.3) is 0 Å². The van der Waals surface area contributed by atoms with E-state index in [-0.39, 0.29) is 18.7 Å². The van der Waals surface area contributed by atoms with Gasteiger partial charge in [-0.25, -0.2) is 9.37 Å². The van der Waals surface area contributed by atoms with Crippen molar-refractivity contribution in [2.45, 2.75) is 6.54 Å². The molecule has 3 nitrogen and oxygen atoms in total. The summed E-state index contributed by atoms with van der Waals surface area (Å²) in [5, 5.41) is 0. The van der Waals surface area contributed by atoms with E-state index in [1.165, 1.54) is 22.3 Å². The molecule has 0 unspecified atom stereocenters. The lowest BCUT2D eigenvalue weighted by Gasteiger charge is -2.20. The largest absolute Gasteiger partial charge is 0.330 e. The van der Waals surface area contributed by atoms with Crippen molar-refractivity contribution in [3.05, 3.63) is 63.6 Å². The van der Waals surface area contributed by atoms with Gasteiger partial charge in [-0.2, -0.15) is 4.39 Å². The molecule has 7 heteroatoms. The van der Waals surface area contributed by atoms with Crippen LogP contribution in [0.4, 0.5) is 8.78 Å². The van der Waals surface area contributed by atoms with Crippen molar-refractivity contribution in [3.8, 4) is 0 Å². The van der Waals surface area contributed by atoms with E-state index >= 15 is 0 Å². The Morgan fingerprint density at radius 3 is 2.81 bits per heavy atom. The fraction of sp³-hybridized carbons (Fsp3) is 0.143. The quantitative estimate of drug-likeness (QED) is 0.616. The minimum atomic E-state index is -1.29. The van der Waals surface area contributed by atoms with Gasteiger partial charge in [0.2, 0.25) is 5.95 Å². The number of carbonyl (C=O) groups is 1. The summed E-state index contributed by atoms with van der Waals surface area (Å²) in [7, 11) is 0. The molecule has 2 aromatic heterocycles. The number of nitrogens with zero attached hydrogens (tertiary/aromatic N) is 2. The first-order valence-corrected chi connectivity index (χ1v) is 7.16. The van der Waals surface area contributed by atoms with E-state index in [0.717, 1.165) is 17.1 Å². The Morgan fingerprint density at radius 2 is 2.19 bits per heavy atom. The third kappa shape index (κ3) is 3.65. The van der Waals surface area contributed by atoms with E-state index in [2.05, 4.69) is 11.6 Å². The third-order valence-electron chi connectivity index (χ3n) is 2.69. The van der Waals surface area contributed by atoms with E-state index in [1.807, 2.05) is 0 Å². The van der Waals surface area contributed by atoms with Crippen LogP contribution < -0.4 is 0 Å². The molecule has 0 N–H and O–H groups in total. The van der Waals surface area contributed by atoms with Gasteiger partial charge < -0.3 is 4.90 Å². The Labute approximate surface area is 129 Å². The molecule has 2 rings (SSSR count). The summed E-state index contributed by atoms with van der Waals surface area (Å²) in [5.41, 5.74) is -0.355. The first kappa shape index (κ1) is 15.6. The summed E-state index contributed by atoms with van der Waals surface area (Å²) in [6, 6.07) is 4.64. The minimum Gasteiger partial charge on any atom is -0.330 e. The number of hydrogen-bond acceptors (Lipinski definition) is 3. The van der Waals surface area contributed by atoms with E-state index < -0.39 is 17.7 Å². The van der Waals surface area contributed by atoms with Crippen molar-refractivity contribution in [3.63, 3.8) is 0 Å². The molecule has 0 aliphatic heterocycles. The van der Waals surface area contributed by atoms with Gasteiger partial charge in [-0.15, -0.1) is 17.9 Å². The molecule has 110 valence electrons. The lowest BCUT2D eigenvalue weighted by molar-refractivity contribution is 0.0758. The van der Waals surface area contributed by atoms with Crippen LogP contribution in [0.1, 0.15) is 15.2 Å². The number of aromatic nitrogens is 1. The maximum atomic E-state index is 13.7. The minimum absolute atomic E-state index is 0.206. The van der Waals surface area contributed by atoms with Gasteiger partial charge in [-0.3, -0.25) is 4.79 Å². The summed E-state index contributed by atoms with van der Waals surface area (Å²) in [6.45, 7) is 4.01. The molecule has 0 aliphatic rings. The zero-order chi connectivity index (χ0) is 15.4. The summed E-state index contributed by atoms with van der Waals surface area (Å²) in [5.74, 6) is -3.17. The SMILES string of the molecule is C=CCN(Cc1ccc(Cl)s1)C(=O)c1ccnc(F)c1F. The number of pyridine rings is 1. The van der Waals surface area contributed by atoms with E-state index in [1.54, 1.807) is 12.1 Å². The highest BCUT2D eigenvalue weighted by atomic mass is 35.5. The topological polar surface area (TPSA) is 33.2 Å². The van der Waals surface area contributed by atoms with Gasteiger partial charge in [0.25, 0.3) is 5.91 Å². The number of amides is 1. The molecule has 2 heterocycles. The number of halogens is 3. The number of rotatable bonds is 5. The van der Waals surface area contributed by atoms with Crippen molar-refractivity contribution in [2.75, 3.05) is 6.54 Å². The Morgan fingerprint density at radius 1 is 1.43 bits per heavy atom. The van der Waals surface area contributed by atoms with Crippen LogP contribution in [0.5, 0.6) is 0 Å². The summed E-state index contributed by atoms with van der Waals surface area (Å²) in [6.07, 6.45) is 2.57. The van der Waals surface area contributed by atoms with Gasteiger partial charge in [-0.1, -0.05) is 17.7 Å². The highest BCUT2D eigenvalue weighted by Crippen LogP contribution is 2.23. The number of hydrogen-bond donors (Lipinski definition) is 0. The van der Waals surface area contributed by atoms with Crippen LogP contribution in [0.15, 0.2) is 37.1 Å². The molecule has 21 heavy (non-hydrogen) atoms. The second-order valence-electron chi connectivity index (χ2n) is 4.14. The van der Waals surface area contributed by atoms with Crippen LogP contribution in [-0.4, -0.2) is 22.3 Å². The lowest BCUT2D eigenvalue weighted by atomic mass is 10.2. The fourth-order valence-electron chi connectivity index (χ4n) is 1.75. The van der Waals surface area contributed by atoms with Crippen molar-refractivity contribution in [2.24, 2.45) is 0 Å². The summed E-state index contributed by atoms with van der Waals surface area (Å²) in [4.78, 5) is 17.7. The lowest BCUT2D eigenvalue weighted by Crippen LogP contribution is -2.31. The predicted octanol–water partition coefficient (Wildman–Crippen LogP) is 3.90. The van der Waals surface area contributed by atoms with Crippen LogP contribution in [0.2, 0.25) is 4.34 Å². The Bertz CT molecular complexity index is 675. The van der Waals surface area contributed by atoms with Crippen LogP contribution in [0.3, 0.4) is 0 Å². The Hall–Kier alpha value is -1.79. The van der Waals surface area contributed by atoms with Gasteiger partial charge in [0.05, 0.1) is 16.4 Å². The molecule has 0 bridgehead atoms. The van der Waals surface area contributed by atoms with Crippen molar-refractivity contribution < 1.29 is 13.6 Å². The first-order valence-electron chi connectivity index (χ1n) is 5.97. The smallest absolute Gasteiger partial charge is 0.257 e. The van der Waals surface area contributed by atoms with Crippen molar-refractivity contribution >= 4 is 28.8 Å². The number of carbonyl (C=O) groups excluding carboxylic acids is 1. The molecular formula is C14H11ClF2N2OS. The van der Waals surface area contributed by atoms with Gasteiger partial charge >= 0.3 is 0 Å². The highest BCUT2D eigenvalue weighted by Gasteiger charge is 2.21. The molecular weight excluding hydrogens is 318 g/mol. The van der Waals surface area contributed by atoms with Crippen LogP contribution in [0, 0.1) is 11.8 Å². The zero-order valence-corrected chi connectivity index (χ0v) is 12.4. The van der Waals surface area contributed by atoms with E-state index in [9.17, 15) is 13.6 Å². The van der Waals surface area contributed by atoms with E-state index in [0.29, 0.717) is 4.34 Å². The standard InChI is InChI=1S/C14H11ClF2N2OS/c1-2-7-19(8-9-3-4-11(15)21-9)14(20)10-5-6-18-13(17)12(10)16/h2-6H,1,7-8H2. The Balaban J connectivity index is 2.26. The maximum absolute atomic E-state index is 13.7. The molecule has 1 amide bonds. The molecule has 0 spiro atoms. The molecule has 2 aromatic rings. The third-order valence-corrected chi connectivity index (χ3v) is 3.91. The fourth-order valence-corrected chi connectivity index (χ4v) is 2.86.